The van der Waals surface area contributed by atoms with Crippen molar-refractivity contribution in [3.8, 4) is 6.07 Å². The fourth-order valence-electron chi connectivity index (χ4n) is 2.22. The maximum absolute atomic E-state index is 12.3. The first-order valence-electron chi connectivity index (χ1n) is 6.13. The number of rotatable bonds is 4. The first-order chi connectivity index (χ1) is 9.40. The molecule has 0 spiro atoms. The molecule has 1 heterocycles. The summed E-state index contributed by atoms with van der Waals surface area (Å²) in [5.41, 5.74) is 1.60. The predicted molar refractivity (Wildman–Crippen MR) is 71.3 cm³/mol. The Bertz CT molecular complexity index is 691. The molecule has 6 nitrogen and oxygen atoms in total. The van der Waals surface area contributed by atoms with E-state index in [1.54, 1.807) is 19.1 Å². The van der Waals surface area contributed by atoms with Crippen LogP contribution in [0.15, 0.2) is 18.2 Å². The summed E-state index contributed by atoms with van der Waals surface area (Å²) < 4.78 is 25.8. The number of carboxylic acid groups (broad SMARTS) is 1. The summed E-state index contributed by atoms with van der Waals surface area (Å²) in [5, 5.41) is 16.8. The zero-order valence-electron chi connectivity index (χ0n) is 10.9. The van der Waals surface area contributed by atoms with Crippen LogP contribution in [0, 0.1) is 11.3 Å². The van der Waals surface area contributed by atoms with Crippen LogP contribution in [0.2, 0.25) is 0 Å². The molecule has 106 valence electrons. The lowest BCUT2D eigenvalue weighted by atomic mass is 10.1. The van der Waals surface area contributed by atoms with Crippen molar-refractivity contribution in [2.75, 3.05) is 0 Å². The van der Waals surface area contributed by atoms with Crippen LogP contribution in [0.4, 0.5) is 0 Å². The second-order valence-electron chi connectivity index (χ2n) is 4.63. The highest BCUT2D eigenvalue weighted by molar-refractivity contribution is 7.89. The summed E-state index contributed by atoms with van der Waals surface area (Å²) in [5.74, 6) is -1.04. The number of nitrogens with zero attached hydrogens (tertiary/aromatic N) is 2. The number of sulfonamides is 1. The number of carbonyl (C=O) groups is 1. The number of fused-ring (bicyclic) bond motifs is 1. The summed E-state index contributed by atoms with van der Waals surface area (Å²) in [6.45, 7) is 1.96. The molecule has 1 unspecified atom stereocenters. The number of nitriles is 1. The smallest absolute Gasteiger partial charge is 0.335 e. The van der Waals surface area contributed by atoms with E-state index in [2.05, 4.69) is 0 Å². The van der Waals surface area contributed by atoms with E-state index in [0.29, 0.717) is 5.56 Å². The third-order valence-corrected chi connectivity index (χ3v) is 5.52. The van der Waals surface area contributed by atoms with E-state index in [1.807, 2.05) is 0 Å². The Morgan fingerprint density at radius 1 is 1.45 bits per heavy atom. The fraction of sp³-hybridized carbons (Fsp3) is 0.385. The molecule has 1 aromatic rings. The van der Waals surface area contributed by atoms with Crippen molar-refractivity contribution in [3.63, 3.8) is 0 Å². The molecule has 0 aliphatic carbocycles. The molecule has 0 radical (unpaired) electrons. The summed E-state index contributed by atoms with van der Waals surface area (Å²) in [7, 11) is -3.68. The van der Waals surface area contributed by atoms with Gasteiger partial charge in [-0.05, 0) is 29.7 Å². The molecule has 1 N–H and O–H groups in total. The Balaban J connectivity index is 2.30. The van der Waals surface area contributed by atoms with Gasteiger partial charge < -0.3 is 5.11 Å². The van der Waals surface area contributed by atoms with Crippen molar-refractivity contribution in [3.05, 3.63) is 34.9 Å². The Morgan fingerprint density at radius 3 is 2.65 bits per heavy atom. The first kappa shape index (κ1) is 14.5. The number of hydrogen-bond donors (Lipinski definition) is 1. The van der Waals surface area contributed by atoms with Crippen LogP contribution < -0.4 is 0 Å². The van der Waals surface area contributed by atoms with Crippen LogP contribution in [-0.2, 0) is 23.1 Å². The van der Waals surface area contributed by atoms with Crippen LogP contribution >= 0.6 is 0 Å². The highest BCUT2D eigenvalue weighted by Crippen LogP contribution is 2.28. The molecule has 0 amide bonds. The van der Waals surface area contributed by atoms with Gasteiger partial charge in [0.1, 0.15) is 0 Å². The van der Waals surface area contributed by atoms with Gasteiger partial charge in [-0.15, -0.1) is 0 Å². The lowest BCUT2D eigenvalue weighted by molar-refractivity contribution is 0.0696. The molecule has 1 aliphatic rings. The Hall–Kier alpha value is -1.91. The van der Waals surface area contributed by atoms with Crippen molar-refractivity contribution >= 4 is 16.0 Å². The lowest BCUT2D eigenvalue weighted by Gasteiger charge is -2.18. The van der Waals surface area contributed by atoms with Gasteiger partial charge in [-0.2, -0.15) is 9.57 Å². The molecule has 7 heteroatoms. The van der Waals surface area contributed by atoms with Crippen molar-refractivity contribution in [1.82, 2.24) is 4.31 Å². The van der Waals surface area contributed by atoms with Crippen LogP contribution in [-0.4, -0.2) is 29.0 Å². The van der Waals surface area contributed by atoms with Crippen LogP contribution in [0.25, 0.3) is 0 Å². The summed E-state index contributed by atoms with van der Waals surface area (Å²) in [6.07, 6.45) is 0.228. The zero-order chi connectivity index (χ0) is 14.9. The van der Waals surface area contributed by atoms with Crippen LogP contribution in [0.3, 0.4) is 0 Å². The lowest BCUT2D eigenvalue weighted by Crippen LogP contribution is -2.34. The number of carboxylic acids is 1. The molecule has 0 saturated carbocycles. The second kappa shape index (κ2) is 5.23. The molecule has 0 aromatic heterocycles. The standard InChI is InChI=1S/C13H14N2O4S/c1-2-12(6-14)20(18,19)15-7-10-4-3-9(13(16)17)5-11(10)8-15/h3-5,12H,2,7-8H2,1H3,(H,16,17). The van der Waals surface area contributed by atoms with Gasteiger partial charge in [0.2, 0.25) is 10.0 Å². The molecule has 2 rings (SSSR count). The topological polar surface area (TPSA) is 98.5 Å². The maximum atomic E-state index is 12.3. The van der Waals surface area contributed by atoms with Gasteiger partial charge in [0.15, 0.2) is 5.25 Å². The largest absolute Gasteiger partial charge is 0.478 e. The number of hydrogen-bond acceptors (Lipinski definition) is 4. The Labute approximate surface area is 117 Å². The first-order valence-corrected chi connectivity index (χ1v) is 7.64. The highest BCUT2D eigenvalue weighted by atomic mass is 32.2. The minimum absolute atomic E-state index is 0.122. The molecule has 0 bridgehead atoms. The third kappa shape index (κ3) is 2.40. The van der Waals surface area contributed by atoms with E-state index < -0.39 is 21.2 Å². The van der Waals surface area contributed by atoms with Crippen molar-refractivity contribution in [2.24, 2.45) is 0 Å². The van der Waals surface area contributed by atoms with Crippen LogP contribution in [0.5, 0.6) is 0 Å². The molecule has 1 aliphatic heterocycles. The summed E-state index contributed by atoms with van der Waals surface area (Å²) >= 11 is 0. The minimum atomic E-state index is -3.68. The molecule has 1 atom stereocenters. The average molecular weight is 294 g/mol. The van der Waals surface area contributed by atoms with Gasteiger partial charge in [-0.25, -0.2) is 13.2 Å². The maximum Gasteiger partial charge on any atom is 0.335 e. The zero-order valence-corrected chi connectivity index (χ0v) is 11.7. The number of benzene rings is 1. The molecule has 20 heavy (non-hydrogen) atoms. The normalized spacial score (nSPS) is 16.4. The van der Waals surface area contributed by atoms with Gasteiger partial charge in [0, 0.05) is 13.1 Å². The van der Waals surface area contributed by atoms with Crippen molar-refractivity contribution in [1.29, 1.82) is 5.26 Å². The summed E-state index contributed by atoms with van der Waals surface area (Å²) in [4.78, 5) is 10.9. The van der Waals surface area contributed by atoms with Gasteiger partial charge in [-0.3, -0.25) is 0 Å². The highest BCUT2D eigenvalue weighted by Gasteiger charge is 2.35. The second-order valence-corrected chi connectivity index (χ2v) is 6.74. The fourth-order valence-corrected chi connectivity index (χ4v) is 3.78. The molecule has 0 fully saturated rings. The van der Waals surface area contributed by atoms with E-state index in [0.717, 1.165) is 5.56 Å². The van der Waals surface area contributed by atoms with Crippen molar-refractivity contribution < 1.29 is 18.3 Å². The van der Waals surface area contributed by atoms with Crippen molar-refractivity contribution in [2.45, 2.75) is 31.7 Å². The summed E-state index contributed by atoms with van der Waals surface area (Å²) in [6, 6.07) is 6.37. The monoisotopic (exact) mass is 294 g/mol. The van der Waals surface area contributed by atoms with Crippen LogP contribution in [0.1, 0.15) is 34.8 Å². The van der Waals surface area contributed by atoms with Gasteiger partial charge in [0.25, 0.3) is 0 Å². The molecular formula is C13H14N2O4S. The van der Waals surface area contributed by atoms with Gasteiger partial charge in [0.05, 0.1) is 11.6 Å². The van der Waals surface area contributed by atoms with Gasteiger partial charge in [-0.1, -0.05) is 13.0 Å². The molecule has 1 aromatic carbocycles. The third-order valence-electron chi connectivity index (χ3n) is 3.38. The quantitative estimate of drug-likeness (QED) is 0.903. The number of aromatic carboxylic acids is 1. The van der Waals surface area contributed by atoms with E-state index in [9.17, 15) is 13.2 Å². The SMILES string of the molecule is CCC(C#N)S(=O)(=O)N1Cc2ccc(C(=O)O)cc2C1. The van der Waals surface area contributed by atoms with Gasteiger partial charge >= 0.3 is 5.97 Å². The Morgan fingerprint density at radius 2 is 2.10 bits per heavy atom. The van der Waals surface area contributed by atoms with E-state index in [1.165, 1.54) is 16.4 Å². The van der Waals surface area contributed by atoms with E-state index >= 15 is 0 Å². The van der Waals surface area contributed by atoms with E-state index in [-0.39, 0.29) is 25.1 Å². The molecular weight excluding hydrogens is 280 g/mol. The minimum Gasteiger partial charge on any atom is -0.478 e. The van der Waals surface area contributed by atoms with E-state index in [4.69, 9.17) is 10.4 Å². The predicted octanol–water partition coefficient (Wildman–Crippen LogP) is 1.33. The molecule has 0 saturated heterocycles. The average Bonchev–Trinajstić information content (AvgIpc) is 2.83. The Kier molecular flexibility index (Phi) is 3.79.